The zero-order chi connectivity index (χ0) is 23.7. The second-order valence-electron chi connectivity index (χ2n) is 8.00. The fourth-order valence-corrected chi connectivity index (χ4v) is 3.92. The van der Waals surface area contributed by atoms with Gasteiger partial charge in [0, 0.05) is 6.54 Å². The molecule has 0 spiro atoms. The number of likely N-dealkylation sites (tertiary alicyclic amines) is 1. The first-order valence-electron chi connectivity index (χ1n) is 10.5. The van der Waals surface area contributed by atoms with Crippen LogP contribution < -0.4 is 5.73 Å². The molecule has 1 aliphatic heterocycles. The SMILES string of the molecule is CN1CCC[C@@H](F)C1.Cc1nc2ccc(-c3c(F)cn4nc(N)ncc34)nc2n1CC(F)F. The van der Waals surface area contributed by atoms with Gasteiger partial charge in [-0.05, 0) is 45.5 Å². The molecule has 0 aromatic carbocycles. The summed E-state index contributed by atoms with van der Waals surface area (Å²) in [7, 11) is 1.96. The van der Waals surface area contributed by atoms with E-state index in [1.54, 1.807) is 19.1 Å². The Morgan fingerprint density at radius 1 is 1.24 bits per heavy atom. The second-order valence-corrected chi connectivity index (χ2v) is 8.00. The van der Waals surface area contributed by atoms with Crippen molar-refractivity contribution < 1.29 is 17.6 Å². The monoisotopic (exact) mass is 464 g/mol. The van der Waals surface area contributed by atoms with Gasteiger partial charge >= 0.3 is 0 Å². The summed E-state index contributed by atoms with van der Waals surface area (Å²) in [6.07, 6.45) is 1.23. The number of imidazole rings is 1. The first kappa shape index (κ1) is 22.9. The molecule has 4 aromatic heterocycles. The molecule has 0 radical (unpaired) electrons. The van der Waals surface area contributed by atoms with Gasteiger partial charge in [-0.3, -0.25) is 0 Å². The second kappa shape index (κ2) is 9.30. The van der Waals surface area contributed by atoms with E-state index in [9.17, 15) is 17.6 Å². The van der Waals surface area contributed by atoms with Crippen LogP contribution in [0.2, 0.25) is 0 Å². The highest BCUT2D eigenvalue weighted by Gasteiger charge is 2.19. The van der Waals surface area contributed by atoms with Crippen LogP contribution in [-0.4, -0.2) is 66.8 Å². The lowest BCUT2D eigenvalue weighted by atomic mass is 10.1. The highest BCUT2D eigenvalue weighted by molar-refractivity contribution is 5.83. The van der Waals surface area contributed by atoms with E-state index >= 15 is 0 Å². The molecule has 1 aliphatic rings. The average molecular weight is 464 g/mol. The van der Waals surface area contributed by atoms with Crippen molar-refractivity contribution in [2.24, 2.45) is 0 Å². The van der Waals surface area contributed by atoms with Crippen LogP contribution in [0.5, 0.6) is 0 Å². The van der Waals surface area contributed by atoms with E-state index in [2.05, 4.69) is 20.1 Å². The first-order valence-corrected chi connectivity index (χ1v) is 10.5. The minimum Gasteiger partial charge on any atom is -0.367 e. The van der Waals surface area contributed by atoms with Crippen molar-refractivity contribution in [1.82, 2.24) is 34.0 Å². The van der Waals surface area contributed by atoms with Crippen LogP contribution in [0.1, 0.15) is 18.7 Å². The molecule has 0 aliphatic carbocycles. The Morgan fingerprint density at radius 2 is 2.03 bits per heavy atom. The summed E-state index contributed by atoms with van der Waals surface area (Å²) >= 11 is 0. The van der Waals surface area contributed by atoms with Gasteiger partial charge in [-0.1, -0.05) is 0 Å². The number of nitrogens with zero attached hydrogens (tertiary/aromatic N) is 7. The van der Waals surface area contributed by atoms with Crippen LogP contribution in [0.3, 0.4) is 0 Å². The molecule has 5 heterocycles. The number of aromatic nitrogens is 6. The molecule has 33 heavy (non-hydrogen) atoms. The molecule has 0 bridgehead atoms. The zero-order valence-electron chi connectivity index (χ0n) is 18.2. The van der Waals surface area contributed by atoms with Crippen LogP contribution in [-0.2, 0) is 6.54 Å². The predicted octanol–water partition coefficient (Wildman–Crippen LogP) is 3.49. The van der Waals surface area contributed by atoms with Gasteiger partial charge in [0.2, 0.25) is 5.95 Å². The molecule has 176 valence electrons. The predicted molar refractivity (Wildman–Crippen MR) is 116 cm³/mol. The van der Waals surface area contributed by atoms with Gasteiger partial charge in [-0.2, -0.15) is 0 Å². The molecular formula is C21H24F4N8. The summed E-state index contributed by atoms with van der Waals surface area (Å²) in [4.78, 5) is 14.5. The summed E-state index contributed by atoms with van der Waals surface area (Å²) < 4.78 is 55.0. The lowest BCUT2D eigenvalue weighted by Crippen LogP contribution is -2.32. The Hall–Kier alpha value is -3.28. The normalized spacial score (nSPS) is 17.0. The van der Waals surface area contributed by atoms with Crippen molar-refractivity contribution >= 4 is 22.6 Å². The average Bonchev–Trinajstić information content (AvgIpc) is 3.22. The third kappa shape index (κ3) is 4.90. The van der Waals surface area contributed by atoms with Crippen molar-refractivity contribution in [2.45, 2.75) is 38.9 Å². The summed E-state index contributed by atoms with van der Waals surface area (Å²) in [6, 6.07) is 3.20. The van der Waals surface area contributed by atoms with Gasteiger partial charge in [-0.25, -0.2) is 37.0 Å². The minimum atomic E-state index is -2.55. The van der Waals surface area contributed by atoms with E-state index in [1.807, 2.05) is 11.9 Å². The molecule has 1 atom stereocenters. The number of hydrogen-bond donors (Lipinski definition) is 1. The molecule has 1 fully saturated rings. The van der Waals surface area contributed by atoms with Gasteiger partial charge in [0.05, 0.1) is 35.7 Å². The highest BCUT2D eigenvalue weighted by Crippen LogP contribution is 2.29. The van der Waals surface area contributed by atoms with Crippen molar-refractivity contribution in [3.63, 3.8) is 0 Å². The van der Waals surface area contributed by atoms with E-state index < -0.39 is 25.0 Å². The maximum absolute atomic E-state index is 14.4. The van der Waals surface area contributed by atoms with Crippen LogP contribution in [0.4, 0.5) is 23.5 Å². The third-order valence-electron chi connectivity index (χ3n) is 5.43. The Bertz CT molecular complexity index is 1260. The fourth-order valence-electron chi connectivity index (χ4n) is 3.92. The summed E-state index contributed by atoms with van der Waals surface area (Å²) in [5.41, 5.74) is 7.05. The van der Waals surface area contributed by atoms with Gasteiger partial charge in [-0.15, -0.1) is 5.10 Å². The van der Waals surface area contributed by atoms with E-state index in [0.717, 1.165) is 25.6 Å². The van der Waals surface area contributed by atoms with Gasteiger partial charge < -0.3 is 15.2 Å². The molecule has 8 nitrogen and oxygen atoms in total. The van der Waals surface area contributed by atoms with E-state index in [1.165, 1.54) is 15.3 Å². The fraction of sp³-hybridized carbons (Fsp3) is 0.429. The molecule has 0 saturated carbocycles. The van der Waals surface area contributed by atoms with E-state index in [4.69, 9.17) is 5.73 Å². The Balaban J connectivity index is 0.000000275. The number of alkyl halides is 3. The number of nitrogens with two attached hydrogens (primary N) is 1. The number of piperidine rings is 1. The summed E-state index contributed by atoms with van der Waals surface area (Å²) in [5.74, 6) is -0.148. The highest BCUT2D eigenvalue weighted by atomic mass is 19.3. The topological polar surface area (TPSA) is 90.2 Å². The third-order valence-corrected chi connectivity index (χ3v) is 5.43. The number of nitrogen functional groups attached to an aromatic ring is 1. The van der Waals surface area contributed by atoms with Crippen molar-refractivity contribution in [2.75, 3.05) is 25.9 Å². The molecule has 2 N–H and O–H groups in total. The Kier molecular flexibility index (Phi) is 6.45. The van der Waals surface area contributed by atoms with Gasteiger partial charge in [0.25, 0.3) is 6.43 Å². The zero-order valence-corrected chi connectivity index (χ0v) is 18.2. The summed E-state index contributed by atoms with van der Waals surface area (Å²) in [5, 5.41) is 3.90. The van der Waals surface area contributed by atoms with Crippen LogP contribution >= 0.6 is 0 Å². The van der Waals surface area contributed by atoms with E-state index in [-0.39, 0.29) is 22.9 Å². The molecule has 0 unspecified atom stereocenters. The van der Waals surface area contributed by atoms with Crippen molar-refractivity contribution in [3.8, 4) is 11.3 Å². The maximum Gasteiger partial charge on any atom is 0.256 e. The van der Waals surface area contributed by atoms with Gasteiger partial charge in [0.1, 0.15) is 17.5 Å². The number of hydrogen-bond acceptors (Lipinski definition) is 6. The first-order chi connectivity index (χ1) is 15.7. The molecular weight excluding hydrogens is 440 g/mol. The number of halogens is 4. The number of anilines is 1. The van der Waals surface area contributed by atoms with Gasteiger partial charge in [0.15, 0.2) is 11.5 Å². The number of fused-ring (bicyclic) bond motifs is 2. The minimum absolute atomic E-state index is 0.00287. The Morgan fingerprint density at radius 3 is 2.70 bits per heavy atom. The molecule has 12 heteroatoms. The summed E-state index contributed by atoms with van der Waals surface area (Å²) in [6.45, 7) is 2.80. The van der Waals surface area contributed by atoms with Crippen LogP contribution in [0, 0.1) is 12.7 Å². The lowest BCUT2D eigenvalue weighted by Gasteiger charge is -2.24. The van der Waals surface area contributed by atoms with E-state index in [0.29, 0.717) is 23.4 Å². The molecule has 0 amide bonds. The molecule has 5 rings (SSSR count). The largest absolute Gasteiger partial charge is 0.367 e. The van der Waals surface area contributed by atoms with Crippen LogP contribution in [0.25, 0.3) is 27.9 Å². The standard InChI is InChI=1S/C15H12F3N7.C6H12FN/c1-7-21-10-3-2-9(22-14(10)24(7)6-12(17)18)13-8(16)5-25-11(13)4-20-15(19)23-25;1-8-4-2-3-6(7)5-8/h2-5,12H,6H2,1H3,(H2,19,23);6H,2-5H2,1H3/t;6-/m.1/s1. The smallest absolute Gasteiger partial charge is 0.256 e. The number of rotatable bonds is 3. The number of pyridine rings is 1. The molecule has 1 saturated heterocycles. The van der Waals surface area contributed by atoms with Crippen molar-refractivity contribution in [1.29, 1.82) is 0 Å². The maximum atomic E-state index is 14.4. The lowest BCUT2D eigenvalue weighted by molar-refractivity contribution is 0.127. The van der Waals surface area contributed by atoms with Crippen LogP contribution in [0.15, 0.2) is 24.5 Å². The quantitative estimate of drug-likeness (QED) is 0.467. The van der Waals surface area contributed by atoms with Crippen molar-refractivity contribution in [3.05, 3.63) is 36.2 Å². The Labute approximate surface area is 187 Å². The molecule has 4 aromatic rings. The number of aryl methyl sites for hydroxylation is 1.